The van der Waals surface area contributed by atoms with Crippen molar-refractivity contribution >= 4 is 0 Å². The second-order valence-electron chi connectivity index (χ2n) is 7.51. The van der Waals surface area contributed by atoms with Crippen molar-refractivity contribution in [3.05, 3.63) is 59.4 Å². The molecule has 2 aliphatic carbocycles. The Kier molecular flexibility index (Phi) is 6.97. The molecule has 0 aromatic carbocycles. The maximum atomic E-state index is 4.22. The molecule has 31 heavy (non-hydrogen) atoms. The van der Waals surface area contributed by atoms with Crippen LogP contribution in [0.25, 0.3) is 23.0 Å². The molecule has 0 saturated carbocycles. The number of rotatable bonds is 2. The summed E-state index contributed by atoms with van der Waals surface area (Å²) in [5, 5.41) is 16.8. The van der Waals surface area contributed by atoms with Gasteiger partial charge in [0.2, 0.25) is 0 Å². The van der Waals surface area contributed by atoms with Crippen LogP contribution in [0, 0.1) is 0 Å². The molecule has 0 unspecified atom stereocenters. The summed E-state index contributed by atoms with van der Waals surface area (Å²) in [5.41, 5.74) is 6.56. The first-order valence-electron chi connectivity index (χ1n) is 10.5. The average Bonchev–Trinajstić information content (AvgIpc) is 3.45. The van der Waals surface area contributed by atoms with Crippen molar-refractivity contribution in [3.8, 4) is 23.0 Å². The maximum absolute atomic E-state index is 4.22. The number of fused-ring (bicyclic) bond motifs is 2. The van der Waals surface area contributed by atoms with Gasteiger partial charge in [-0.05, 0) is 74.6 Å². The van der Waals surface area contributed by atoms with Crippen molar-refractivity contribution in [2.75, 3.05) is 0 Å². The second kappa shape index (κ2) is 10.1. The first-order valence-corrected chi connectivity index (χ1v) is 10.5. The fraction of sp³-hybridized carbons (Fsp3) is 0.364. The topological polar surface area (TPSA) is 106 Å². The first-order chi connectivity index (χ1) is 14.9. The van der Waals surface area contributed by atoms with Crippen LogP contribution in [0.5, 0.6) is 0 Å². The normalized spacial score (nSPS) is 14.5. The summed E-state index contributed by atoms with van der Waals surface area (Å²) in [5.74, 6) is 1.40. The zero-order valence-corrected chi connectivity index (χ0v) is 19.3. The van der Waals surface area contributed by atoms with E-state index in [0.717, 1.165) is 48.5 Å². The van der Waals surface area contributed by atoms with Crippen LogP contribution < -0.4 is 10.2 Å². The van der Waals surface area contributed by atoms with Gasteiger partial charge < -0.3 is 20.4 Å². The third-order valence-corrected chi connectivity index (χ3v) is 5.55. The molecule has 0 amide bonds. The van der Waals surface area contributed by atoms with Gasteiger partial charge in [0.15, 0.2) is 0 Å². The molecule has 0 N–H and O–H groups in total. The van der Waals surface area contributed by atoms with Crippen LogP contribution >= 0.6 is 0 Å². The third-order valence-electron chi connectivity index (χ3n) is 5.55. The van der Waals surface area contributed by atoms with Gasteiger partial charge in [-0.25, -0.2) is 19.9 Å². The van der Waals surface area contributed by atoms with Gasteiger partial charge in [0.05, 0.1) is 0 Å². The van der Waals surface area contributed by atoms with E-state index in [4.69, 9.17) is 0 Å². The molecular formula is C22H22N8Pt. The summed E-state index contributed by atoms with van der Waals surface area (Å²) >= 11 is 0. The largest absolute Gasteiger partial charge is 2.00 e. The van der Waals surface area contributed by atoms with E-state index in [0.29, 0.717) is 11.6 Å². The molecule has 0 radical (unpaired) electrons. The molecule has 0 saturated heterocycles. The van der Waals surface area contributed by atoms with Crippen LogP contribution in [-0.4, -0.2) is 30.1 Å². The minimum absolute atomic E-state index is 0. The van der Waals surface area contributed by atoms with Gasteiger partial charge in [-0.1, -0.05) is 11.4 Å². The van der Waals surface area contributed by atoms with Crippen molar-refractivity contribution in [2.24, 2.45) is 0 Å². The third kappa shape index (κ3) is 4.64. The summed E-state index contributed by atoms with van der Waals surface area (Å²) in [6.45, 7) is 0. The molecule has 0 spiro atoms. The predicted molar refractivity (Wildman–Crippen MR) is 110 cm³/mol. The molecule has 0 atom stereocenters. The van der Waals surface area contributed by atoms with E-state index < -0.39 is 0 Å². The van der Waals surface area contributed by atoms with Crippen molar-refractivity contribution in [1.29, 1.82) is 0 Å². The summed E-state index contributed by atoms with van der Waals surface area (Å²) in [6, 6.07) is 3.62. The van der Waals surface area contributed by atoms with E-state index in [2.05, 4.69) is 40.3 Å². The van der Waals surface area contributed by atoms with Gasteiger partial charge in [-0.2, -0.15) is 0 Å². The monoisotopic (exact) mass is 593 g/mol. The fourth-order valence-electron chi connectivity index (χ4n) is 4.05. The quantitative estimate of drug-likeness (QED) is 0.350. The molecule has 160 valence electrons. The average molecular weight is 594 g/mol. The molecule has 0 fully saturated rings. The standard InChI is InChI=1S/2C11H11N4.Pt/c2*1-2-5-9-8(4-1)10(15-14-9)11-12-6-3-7-13-11;/h2*3,6-7H,1-2,4-5H2;/q2*-1;+2. The number of aromatic nitrogens is 8. The van der Waals surface area contributed by atoms with Gasteiger partial charge in [-0.15, -0.1) is 0 Å². The Labute approximate surface area is 195 Å². The van der Waals surface area contributed by atoms with Crippen molar-refractivity contribution in [3.63, 3.8) is 0 Å². The molecule has 8 nitrogen and oxygen atoms in total. The van der Waals surface area contributed by atoms with E-state index in [1.807, 2.05) is 12.1 Å². The second-order valence-corrected chi connectivity index (χ2v) is 7.51. The number of hydrogen-bond acceptors (Lipinski definition) is 6. The molecule has 6 rings (SSSR count). The molecule has 9 heteroatoms. The van der Waals surface area contributed by atoms with Crippen LogP contribution in [0.3, 0.4) is 0 Å². The molecule has 0 aliphatic heterocycles. The Morgan fingerprint density at radius 3 is 1.35 bits per heavy atom. The predicted octanol–water partition coefficient (Wildman–Crippen LogP) is 2.75. The summed E-state index contributed by atoms with van der Waals surface area (Å²) in [7, 11) is 0. The molecule has 4 aromatic rings. The molecule has 4 heterocycles. The van der Waals surface area contributed by atoms with E-state index in [9.17, 15) is 0 Å². The minimum atomic E-state index is 0. The molecule has 2 aliphatic rings. The van der Waals surface area contributed by atoms with Crippen molar-refractivity contribution < 1.29 is 21.1 Å². The Bertz CT molecular complexity index is 1020. The number of nitrogens with zero attached hydrogens (tertiary/aromatic N) is 8. The molecule has 4 aromatic heterocycles. The van der Waals surface area contributed by atoms with Crippen LogP contribution in [0.1, 0.15) is 48.2 Å². The minimum Gasteiger partial charge on any atom is -0.572 e. The summed E-state index contributed by atoms with van der Waals surface area (Å²) < 4.78 is 0. The summed E-state index contributed by atoms with van der Waals surface area (Å²) in [4.78, 5) is 16.9. The fourth-order valence-corrected chi connectivity index (χ4v) is 4.05. The molecule has 0 bridgehead atoms. The number of hydrogen-bond donors (Lipinski definition) is 0. The van der Waals surface area contributed by atoms with Gasteiger partial charge in [0, 0.05) is 36.2 Å². The van der Waals surface area contributed by atoms with E-state index in [-0.39, 0.29) is 21.1 Å². The van der Waals surface area contributed by atoms with Crippen LogP contribution in [0.4, 0.5) is 0 Å². The van der Waals surface area contributed by atoms with Crippen LogP contribution in [0.2, 0.25) is 0 Å². The summed E-state index contributed by atoms with van der Waals surface area (Å²) in [6.07, 6.45) is 16.1. The maximum Gasteiger partial charge on any atom is 2.00 e. The first kappa shape index (κ1) is 21.5. The van der Waals surface area contributed by atoms with Gasteiger partial charge >= 0.3 is 21.1 Å². The van der Waals surface area contributed by atoms with Gasteiger partial charge in [0.25, 0.3) is 0 Å². The SMILES string of the molecule is [Pt+2].c1cnc(-c2[n-]nc3c2CCCC3)nc1.c1cnc(-c2[n-]nc3c2CCCC3)nc1. The van der Waals surface area contributed by atoms with Gasteiger partial charge in [0.1, 0.15) is 11.6 Å². The Hall–Kier alpha value is -2.73. The Morgan fingerprint density at radius 1 is 0.548 bits per heavy atom. The van der Waals surface area contributed by atoms with E-state index in [1.165, 1.54) is 36.8 Å². The van der Waals surface area contributed by atoms with Crippen molar-refractivity contribution in [1.82, 2.24) is 40.3 Å². The van der Waals surface area contributed by atoms with Crippen molar-refractivity contribution in [2.45, 2.75) is 51.4 Å². The zero-order valence-electron chi connectivity index (χ0n) is 17.0. The Morgan fingerprint density at radius 2 is 0.935 bits per heavy atom. The zero-order chi connectivity index (χ0) is 20.2. The Balaban J connectivity index is 0.000000144. The van der Waals surface area contributed by atoms with Crippen LogP contribution in [-0.2, 0) is 46.7 Å². The van der Waals surface area contributed by atoms with E-state index in [1.54, 1.807) is 24.8 Å². The van der Waals surface area contributed by atoms with E-state index >= 15 is 0 Å². The van der Waals surface area contributed by atoms with Gasteiger partial charge in [-0.3, -0.25) is 0 Å². The van der Waals surface area contributed by atoms with Crippen LogP contribution in [0.15, 0.2) is 36.9 Å². The molecular weight excluding hydrogens is 571 g/mol. The smallest absolute Gasteiger partial charge is 0.572 e. The number of aryl methyl sites for hydroxylation is 2.